The number of allylic oxidation sites excluding steroid dienone is 1. The molecule has 0 aromatic carbocycles. The van der Waals surface area contributed by atoms with Crippen LogP contribution in [0.4, 0.5) is 0 Å². The van der Waals surface area contributed by atoms with E-state index in [9.17, 15) is 0 Å². The SMILES string of the molecule is C=CCCC1(CN)CC1. The van der Waals surface area contributed by atoms with Gasteiger partial charge in [0.05, 0.1) is 0 Å². The smallest absolute Gasteiger partial charge is 0.00204 e. The van der Waals surface area contributed by atoms with Gasteiger partial charge in [-0.2, -0.15) is 0 Å². The van der Waals surface area contributed by atoms with Crippen molar-refractivity contribution in [3.05, 3.63) is 12.7 Å². The zero-order chi connectivity index (χ0) is 6.74. The summed E-state index contributed by atoms with van der Waals surface area (Å²) in [7, 11) is 0. The molecule has 0 aliphatic heterocycles. The molecule has 0 spiro atoms. The fourth-order valence-corrected chi connectivity index (χ4v) is 1.14. The van der Waals surface area contributed by atoms with Gasteiger partial charge in [-0.1, -0.05) is 6.08 Å². The maximum Gasteiger partial charge on any atom is -0.00204 e. The summed E-state index contributed by atoms with van der Waals surface area (Å²) in [6, 6.07) is 0. The third kappa shape index (κ3) is 1.55. The Morgan fingerprint density at radius 3 is 2.56 bits per heavy atom. The lowest BCUT2D eigenvalue weighted by molar-refractivity contribution is 0.484. The van der Waals surface area contributed by atoms with Crippen LogP contribution in [0.2, 0.25) is 0 Å². The van der Waals surface area contributed by atoms with Crippen molar-refractivity contribution in [1.29, 1.82) is 0 Å². The summed E-state index contributed by atoms with van der Waals surface area (Å²) in [6.45, 7) is 4.56. The van der Waals surface area contributed by atoms with Crippen LogP contribution in [0.15, 0.2) is 12.7 Å². The third-order valence-corrected chi connectivity index (χ3v) is 2.27. The molecule has 1 saturated carbocycles. The molecule has 1 heteroatoms. The highest BCUT2D eigenvalue weighted by Crippen LogP contribution is 2.48. The van der Waals surface area contributed by atoms with Crippen LogP contribution in [0.1, 0.15) is 25.7 Å². The predicted octanol–water partition coefficient (Wildman–Crippen LogP) is 1.69. The van der Waals surface area contributed by atoms with Crippen LogP contribution >= 0.6 is 0 Å². The van der Waals surface area contributed by atoms with Crippen LogP contribution in [-0.4, -0.2) is 6.54 Å². The molecule has 1 nitrogen and oxygen atoms in total. The minimum atomic E-state index is 0.550. The zero-order valence-electron chi connectivity index (χ0n) is 5.90. The summed E-state index contributed by atoms with van der Waals surface area (Å²) in [5.41, 5.74) is 6.13. The third-order valence-electron chi connectivity index (χ3n) is 2.27. The largest absolute Gasteiger partial charge is 0.330 e. The molecule has 0 amide bonds. The maximum absolute atomic E-state index is 5.58. The second-order valence-corrected chi connectivity index (χ2v) is 3.03. The van der Waals surface area contributed by atoms with Crippen molar-refractivity contribution in [1.82, 2.24) is 0 Å². The van der Waals surface area contributed by atoms with Gasteiger partial charge in [-0.15, -0.1) is 6.58 Å². The molecule has 1 rings (SSSR count). The topological polar surface area (TPSA) is 26.0 Å². The van der Waals surface area contributed by atoms with Gasteiger partial charge in [0.15, 0.2) is 0 Å². The van der Waals surface area contributed by atoms with Crippen LogP contribution in [-0.2, 0) is 0 Å². The van der Waals surface area contributed by atoms with E-state index in [1.54, 1.807) is 0 Å². The first-order valence-electron chi connectivity index (χ1n) is 3.64. The molecule has 0 heterocycles. The van der Waals surface area contributed by atoms with Crippen LogP contribution in [0, 0.1) is 5.41 Å². The Labute approximate surface area is 56.9 Å². The van der Waals surface area contributed by atoms with Crippen molar-refractivity contribution in [2.45, 2.75) is 25.7 Å². The standard InChI is InChI=1S/C8H15N/c1-2-3-4-8(7-9)5-6-8/h2H,1,3-7,9H2. The molecule has 0 unspecified atom stereocenters. The summed E-state index contributed by atoms with van der Waals surface area (Å²) in [5.74, 6) is 0. The first-order chi connectivity index (χ1) is 4.33. The average molecular weight is 125 g/mol. The molecule has 1 aliphatic carbocycles. The molecule has 0 aromatic rings. The fourth-order valence-electron chi connectivity index (χ4n) is 1.14. The lowest BCUT2D eigenvalue weighted by Gasteiger charge is -2.08. The normalized spacial score (nSPS) is 21.4. The summed E-state index contributed by atoms with van der Waals surface area (Å²) in [4.78, 5) is 0. The van der Waals surface area contributed by atoms with Gasteiger partial charge in [-0.05, 0) is 37.6 Å². The molecular weight excluding hydrogens is 110 g/mol. The zero-order valence-corrected chi connectivity index (χ0v) is 5.90. The van der Waals surface area contributed by atoms with E-state index in [1.165, 1.54) is 19.3 Å². The van der Waals surface area contributed by atoms with Crippen molar-refractivity contribution in [2.24, 2.45) is 11.1 Å². The van der Waals surface area contributed by atoms with Gasteiger partial charge in [0.1, 0.15) is 0 Å². The van der Waals surface area contributed by atoms with E-state index in [4.69, 9.17) is 5.73 Å². The second-order valence-electron chi connectivity index (χ2n) is 3.03. The van der Waals surface area contributed by atoms with Crippen LogP contribution < -0.4 is 5.73 Å². The molecule has 0 aromatic heterocycles. The van der Waals surface area contributed by atoms with Gasteiger partial charge in [0.2, 0.25) is 0 Å². The minimum Gasteiger partial charge on any atom is -0.330 e. The first-order valence-corrected chi connectivity index (χ1v) is 3.64. The van der Waals surface area contributed by atoms with E-state index in [0.717, 1.165) is 13.0 Å². The number of hydrogen-bond acceptors (Lipinski definition) is 1. The molecule has 0 saturated heterocycles. The lowest BCUT2D eigenvalue weighted by Crippen LogP contribution is -2.14. The Morgan fingerprint density at radius 1 is 1.56 bits per heavy atom. The Hall–Kier alpha value is -0.300. The average Bonchev–Trinajstić information content (AvgIpc) is 2.65. The molecule has 1 aliphatic rings. The van der Waals surface area contributed by atoms with Gasteiger partial charge < -0.3 is 5.73 Å². The number of nitrogens with two attached hydrogens (primary N) is 1. The first kappa shape index (κ1) is 6.81. The van der Waals surface area contributed by atoms with Crippen molar-refractivity contribution in [3.8, 4) is 0 Å². The monoisotopic (exact) mass is 125 g/mol. The van der Waals surface area contributed by atoms with E-state index >= 15 is 0 Å². The number of hydrogen-bond donors (Lipinski definition) is 1. The van der Waals surface area contributed by atoms with Crippen molar-refractivity contribution in [3.63, 3.8) is 0 Å². The van der Waals surface area contributed by atoms with Crippen molar-refractivity contribution < 1.29 is 0 Å². The molecule has 0 radical (unpaired) electrons. The molecule has 52 valence electrons. The van der Waals surface area contributed by atoms with Gasteiger partial charge >= 0.3 is 0 Å². The maximum atomic E-state index is 5.58. The Kier molecular flexibility index (Phi) is 1.91. The number of rotatable bonds is 4. The summed E-state index contributed by atoms with van der Waals surface area (Å²) in [6.07, 6.45) is 7.06. The van der Waals surface area contributed by atoms with Crippen molar-refractivity contribution in [2.75, 3.05) is 6.54 Å². The molecule has 0 atom stereocenters. The van der Waals surface area contributed by atoms with E-state index in [1.807, 2.05) is 6.08 Å². The van der Waals surface area contributed by atoms with Crippen LogP contribution in [0.5, 0.6) is 0 Å². The minimum absolute atomic E-state index is 0.550. The van der Waals surface area contributed by atoms with E-state index in [2.05, 4.69) is 6.58 Å². The quantitative estimate of drug-likeness (QED) is 0.568. The second kappa shape index (κ2) is 2.53. The Morgan fingerprint density at radius 2 is 2.22 bits per heavy atom. The highest BCUT2D eigenvalue weighted by atomic mass is 14.6. The highest BCUT2D eigenvalue weighted by Gasteiger charge is 2.39. The Bertz CT molecular complexity index is 103. The summed E-state index contributed by atoms with van der Waals surface area (Å²) < 4.78 is 0. The van der Waals surface area contributed by atoms with Gasteiger partial charge in [0, 0.05) is 0 Å². The van der Waals surface area contributed by atoms with Gasteiger partial charge in [0.25, 0.3) is 0 Å². The van der Waals surface area contributed by atoms with E-state index < -0.39 is 0 Å². The van der Waals surface area contributed by atoms with E-state index in [-0.39, 0.29) is 0 Å². The molecule has 9 heavy (non-hydrogen) atoms. The fraction of sp³-hybridized carbons (Fsp3) is 0.750. The highest BCUT2D eigenvalue weighted by molar-refractivity contribution is 4.94. The van der Waals surface area contributed by atoms with E-state index in [0.29, 0.717) is 5.41 Å². The van der Waals surface area contributed by atoms with Gasteiger partial charge in [-0.25, -0.2) is 0 Å². The predicted molar refractivity (Wildman–Crippen MR) is 40.2 cm³/mol. The lowest BCUT2D eigenvalue weighted by atomic mass is 10.0. The summed E-state index contributed by atoms with van der Waals surface area (Å²) >= 11 is 0. The van der Waals surface area contributed by atoms with Crippen LogP contribution in [0.3, 0.4) is 0 Å². The van der Waals surface area contributed by atoms with Gasteiger partial charge in [-0.3, -0.25) is 0 Å². The Balaban J connectivity index is 2.17. The molecule has 1 fully saturated rings. The molecule has 2 N–H and O–H groups in total. The molecule has 0 bridgehead atoms. The molecular formula is C8H15N. The van der Waals surface area contributed by atoms with Crippen molar-refractivity contribution >= 4 is 0 Å². The summed E-state index contributed by atoms with van der Waals surface area (Å²) in [5, 5.41) is 0. The van der Waals surface area contributed by atoms with Crippen LogP contribution in [0.25, 0.3) is 0 Å².